The van der Waals surface area contributed by atoms with Gasteiger partial charge in [-0.3, -0.25) is 0 Å². The molecular weight excluding hydrogens is 295 g/mol. The first-order valence-electron chi connectivity index (χ1n) is 6.19. The zero-order chi connectivity index (χ0) is 14.5. The van der Waals surface area contributed by atoms with E-state index in [1.807, 2.05) is 48.3 Å². The number of methoxy groups -OCH3 is 1. The van der Waals surface area contributed by atoms with Gasteiger partial charge in [0.05, 0.1) is 23.7 Å². The van der Waals surface area contributed by atoms with E-state index < -0.39 is 0 Å². The average Bonchev–Trinajstić information content (AvgIpc) is 2.48. The maximum Gasteiger partial charge on any atom is 0.129 e. The van der Waals surface area contributed by atoms with Crippen molar-refractivity contribution in [1.29, 1.82) is 0 Å². The van der Waals surface area contributed by atoms with E-state index in [1.165, 1.54) is 5.56 Å². The summed E-state index contributed by atoms with van der Waals surface area (Å²) in [6.45, 7) is 0.750. The van der Waals surface area contributed by atoms with E-state index in [4.69, 9.17) is 27.9 Å². The smallest absolute Gasteiger partial charge is 0.129 e. The lowest BCUT2D eigenvalue weighted by Gasteiger charge is -2.19. The van der Waals surface area contributed by atoms with E-state index in [-0.39, 0.29) is 0 Å². The summed E-state index contributed by atoms with van der Waals surface area (Å²) in [5, 5.41) is 0.599. The molecule has 106 valence electrons. The predicted molar refractivity (Wildman–Crippen MR) is 83.9 cm³/mol. The van der Waals surface area contributed by atoms with Crippen LogP contribution in [0.15, 0.2) is 36.4 Å². The Morgan fingerprint density at radius 2 is 1.85 bits per heavy atom. The second kappa shape index (κ2) is 6.82. The molecule has 0 saturated heterocycles. The van der Waals surface area contributed by atoms with Crippen molar-refractivity contribution in [2.45, 2.75) is 12.4 Å². The van der Waals surface area contributed by atoms with Crippen LogP contribution >= 0.6 is 23.2 Å². The van der Waals surface area contributed by atoms with Crippen molar-refractivity contribution in [1.82, 2.24) is 4.98 Å². The van der Waals surface area contributed by atoms with Crippen LogP contribution in [0.5, 0.6) is 5.75 Å². The molecule has 0 aliphatic rings. The van der Waals surface area contributed by atoms with Gasteiger partial charge >= 0.3 is 0 Å². The van der Waals surface area contributed by atoms with Crippen LogP contribution in [0, 0.1) is 0 Å². The van der Waals surface area contributed by atoms with E-state index >= 15 is 0 Å². The number of ether oxygens (including phenoxy) is 1. The number of anilines is 1. The van der Waals surface area contributed by atoms with Crippen molar-refractivity contribution in [3.05, 3.63) is 52.7 Å². The molecule has 0 aliphatic heterocycles. The molecule has 5 heteroatoms. The maximum absolute atomic E-state index is 6.02. The molecule has 3 nitrogen and oxygen atoms in total. The van der Waals surface area contributed by atoms with Crippen LogP contribution in [-0.2, 0) is 12.4 Å². The third-order valence-corrected chi connectivity index (χ3v) is 3.60. The van der Waals surface area contributed by atoms with Crippen molar-refractivity contribution in [2.75, 3.05) is 19.1 Å². The van der Waals surface area contributed by atoms with Gasteiger partial charge in [-0.15, -0.1) is 11.6 Å². The molecule has 0 saturated carbocycles. The van der Waals surface area contributed by atoms with Gasteiger partial charge in [-0.05, 0) is 29.8 Å². The lowest BCUT2D eigenvalue weighted by molar-refractivity contribution is 0.414. The molecule has 0 N–H and O–H groups in total. The Morgan fingerprint density at radius 3 is 2.45 bits per heavy atom. The highest BCUT2D eigenvalue weighted by Crippen LogP contribution is 2.21. The van der Waals surface area contributed by atoms with Crippen LogP contribution in [0.2, 0.25) is 5.02 Å². The molecule has 0 aliphatic carbocycles. The van der Waals surface area contributed by atoms with Gasteiger partial charge in [-0.1, -0.05) is 23.7 Å². The summed E-state index contributed by atoms with van der Waals surface area (Å²) in [5.74, 6) is 2.01. The first kappa shape index (κ1) is 14.9. The summed E-state index contributed by atoms with van der Waals surface area (Å²) >= 11 is 11.8. The molecule has 0 unspecified atom stereocenters. The molecule has 0 atom stereocenters. The number of aromatic nitrogens is 1. The van der Waals surface area contributed by atoms with Crippen molar-refractivity contribution in [2.24, 2.45) is 0 Å². The molecular formula is C15H16Cl2N2O. The van der Waals surface area contributed by atoms with Crippen molar-refractivity contribution in [3.8, 4) is 5.75 Å². The summed E-state index contributed by atoms with van der Waals surface area (Å²) in [6.07, 6.45) is 0. The Kier molecular flexibility index (Phi) is 5.10. The SMILES string of the molecule is COc1ccc(CN(C)c2ccc(Cl)c(CCl)n2)cc1. The Morgan fingerprint density at radius 1 is 1.15 bits per heavy atom. The molecule has 0 amide bonds. The van der Waals surface area contributed by atoms with Gasteiger partial charge in [-0.25, -0.2) is 4.98 Å². The number of alkyl halides is 1. The number of nitrogens with zero attached hydrogens (tertiary/aromatic N) is 2. The zero-order valence-electron chi connectivity index (χ0n) is 11.4. The standard InChI is InChI=1S/C15H16Cl2N2O/c1-19(10-11-3-5-12(20-2)6-4-11)15-8-7-13(17)14(9-16)18-15/h3-8H,9-10H2,1-2H3. The van der Waals surface area contributed by atoms with Gasteiger partial charge in [0.1, 0.15) is 11.6 Å². The van der Waals surface area contributed by atoms with Gasteiger partial charge in [0.15, 0.2) is 0 Å². The van der Waals surface area contributed by atoms with Gasteiger partial charge < -0.3 is 9.64 Å². The maximum atomic E-state index is 6.02. The quantitative estimate of drug-likeness (QED) is 0.777. The van der Waals surface area contributed by atoms with Crippen LogP contribution < -0.4 is 9.64 Å². The summed E-state index contributed by atoms with van der Waals surface area (Å²) in [7, 11) is 3.64. The lowest BCUT2D eigenvalue weighted by atomic mass is 10.2. The van der Waals surface area contributed by atoms with Crippen LogP contribution in [0.3, 0.4) is 0 Å². The third-order valence-electron chi connectivity index (χ3n) is 3.00. The molecule has 0 spiro atoms. The van der Waals surface area contributed by atoms with E-state index in [0.29, 0.717) is 16.6 Å². The molecule has 0 fully saturated rings. The van der Waals surface area contributed by atoms with Gasteiger partial charge in [0.25, 0.3) is 0 Å². The van der Waals surface area contributed by atoms with Crippen molar-refractivity contribution in [3.63, 3.8) is 0 Å². The molecule has 2 aromatic rings. The number of hydrogen-bond acceptors (Lipinski definition) is 3. The zero-order valence-corrected chi connectivity index (χ0v) is 12.9. The minimum atomic E-state index is 0.309. The lowest BCUT2D eigenvalue weighted by Crippen LogP contribution is -2.18. The number of benzene rings is 1. The fourth-order valence-corrected chi connectivity index (χ4v) is 2.31. The van der Waals surface area contributed by atoms with Crippen molar-refractivity contribution < 1.29 is 4.74 Å². The molecule has 1 aromatic heterocycles. The highest BCUT2D eigenvalue weighted by atomic mass is 35.5. The Bertz CT molecular complexity index is 573. The van der Waals surface area contributed by atoms with Gasteiger partial charge in [0, 0.05) is 13.6 Å². The average molecular weight is 311 g/mol. The van der Waals surface area contributed by atoms with Crippen molar-refractivity contribution >= 4 is 29.0 Å². The monoisotopic (exact) mass is 310 g/mol. The number of halogens is 2. The van der Waals surface area contributed by atoms with E-state index in [9.17, 15) is 0 Å². The Balaban J connectivity index is 2.12. The van der Waals surface area contributed by atoms with Crippen LogP contribution in [0.4, 0.5) is 5.82 Å². The second-order valence-electron chi connectivity index (χ2n) is 4.44. The molecule has 20 heavy (non-hydrogen) atoms. The fourth-order valence-electron chi connectivity index (χ4n) is 1.86. The minimum absolute atomic E-state index is 0.309. The Hall–Kier alpha value is -1.45. The van der Waals surface area contributed by atoms with E-state index in [1.54, 1.807) is 7.11 Å². The summed E-state index contributed by atoms with van der Waals surface area (Å²) in [6, 6.07) is 11.7. The van der Waals surface area contributed by atoms with Gasteiger partial charge in [0.2, 0.25) is 0 Å². The normalized spacial score (nSPS) is 10.4. The molecule has 1 heterocycles. The molecule has 1 aromatic carbocycles. The fraction of sp³-hybridized carbons (Fsp3) is 0.267. The number of rotatable bonds is 5. The third kappa shape index (κ3) is 3.56. The first-order valence-corrected chi connectivity index (χ1v) is 7.10. The summed E-state index contributed by atoms with van der Waals surface area (Å²) in [4.78, 5) is 6.51. The molecule has 0 radical (unpaired) electrons. The van der Waals surface area contributed by atoms with Crippen LogP contribution in [0.25, 0.3) is 0 Å². The predicted octanol–water partition coefficient (Wildman–Crippen LogP) is 4.12. The topological polar surface area (TPSA) is 25.4 Å². The summed E-state index contributed by atoms with van der Waals surface area (Å²) < 4.78 is 5.15. The van der Waals surface area contributed by atoms with Crippen LogP contribution in [0.1, 0.15) is 11.3 Å². The largest absolute Gasteiger partial charge is 0.497 e. The van der Waals surface area contributed by atoms with Crippen LogP contribution in [-0.4, -0.2) is 19.1 Å². The van der Waals surface area contributed by atoms with E-state index in [2.05, 4.69) is 4.98 Å². The highest BCUT2D eigenvalue weighted by molar-refractivity contribution is 6.32. The molecule has 2 rings (SSSR count). The number of hydrogen-bond donors (Lipinski definition) is 0. The van der Waals surface area contributed by atoms with Gasteiger partial charge in [-0.2, -0.15) is 0 Å². The van der Waals surface area contributed by atoms with E-state index in [0.717, 1.165) is 18.1 Å². The Labute approximate surface area is 129 Å². The first-order chi connectivity index (χ1) is 9.63. The minimum Gasteiger partial charge on any atom is -0.497 e. The summed E-state index contributed by atoms with van der Waals surface area (Å²) in [5.41, 5.74) is 1.88. The highest BCUT2D eigenvalue weighted by Gasteiger charge is 2.07. The second-order valence-corrected chi connectivity index (χ2v) is 5.11. The molecule has 0 bridgehead atoms. The number of pyridine rings is 1.